The molecule has 0 aliphatic rings. The summed E-state index contributed by atoms with van der Waals surface area (Å²) in [6.45, 7) is 1.83. The number of ether oxygens (including phenoxy) is 3. The van der Waals surface area contributed by atoms with Crippen molar-refractivity contribution in [2.24, 2.45) is 0 Å². The van der Waals surface area contributed by atoms with Crippen molar-refractivity contribution in [3.05, 3.63) is 95.0 Å². The Labute approximate surface area is 192 Å². The molecule has 0 fully saturated rings. The Morgan fingerprint density at radius 2 is 1.59 bits per heavy atom. The van der Waals surface area contributed by atoms with Crippen LogP contribution < -0.4 is 10.1 Å². The predicted molar refractivity (Wildman–Crippen MR) is 122 cm³/mol. The van der Waals surface area contributed by atoms with E-state index in [1.54, 1.807) is 48.5 Å². The molecule has 0 heterocycles. The minimum Gasteiger partial charge on any atom is -0.467 e. The van der Waals surface area contributed by atoms with E-state index in [2.05, 4.69) is 5.32 Å². The van der Waals surface area contributed by atoms with Gasteiger partial charge in [0.05, 0.1) is 25.4 Å². The highest BCUT2D eigenvalue weighted by Gasteiger charge is 2.25. The zero-order valence-corrected chi connectivity index (χ0v) is 18.5. The first kappa shape index (κ1) is 23.3. The molecule has 2 atom stereocenters. The number of para-hydroxylation sites is 1. The molecule has 0 bridgehead atoms. The van der Waals surface area contributed by atoms with Gasteiger partial charge in [-0.15, -0.1) is 0 Å². The molecule has 0 saturated carbocycles. The first-order valence-corrected chi connectivity index (χ1v) is 10.4. The molecule has 6 nitrogen and oxygen atoms in total. The van der Waals surface area contributed by atoms with Gasteiger partial charge < -0.3 is 19.5 Å². The van der Waals surface area contributed by atoms with Crippen LogP contribution in [0.15, 0.2) is 78.9 Å². The van der Waals surface area contributed by atoms with Crippen molar-refractivity contribution < 1.29 is 23.8 Å². The molecule has 3 aromatic carbocycles. The Balaban J connectivity index is 1.71. The number of amides is 1. The zero-order valence-electron chi connectivity index (χ0n) is 17.8. The van der Waals surface area contributed by atoms with Gasteiger partial charge in [-0.05, 0) is 48.9 Å². The van der Waals surface area contributed by atoms with E-state index in [0.29, 0.717) is 16.5 Å². The van der Waals surface area contributed by atoms with Crippen molar-refractivity contribution in [1.29, 1.82) is 0 Å². The molecule has 0 aromatic heterocycles. The lowest BCUT2D eigenvalue weighted by Crippen LogP contribution is -2.45. The zero-order chi connectivity index (χ0) is 22.9. The molecule has 0 spiro atoms. The predicted octanol–water partition coefficient (Wildman–Crippen LogP) is 5.18. The highest BCUT2D eigenvalue weighted by molar-refractivity contribution is 6.30. The van der Waals surface area contributed by atoms with Gasteiger partial charge in [0.15, 0.2) is 6.04 Å². The quantitative estimate of drug-likeness (QED) is 0.452. The molecular formula is C25H24ClNO5. The number of methoxy groups -OCH3 is 1. The number of carbonyl (C=O) groups is 2. The highest BCUT2D eigenvalue weighted by atomic mass is 35.5. The van der Waals surface area contributed by atoms with E-state index < -0.39 is 17.9 Å². The van der Waals surface area contributed by atoms with Gasteiger partial charge in [-0.3, -0.25) is 4.79 Å². The number of hydrogen-bond acceptors (Lipinski definition) is 5. The monoisotopic (exact) mass is 453 g/mol. The Hall–Kier alpha value is -3.35. The van der Waals surface area contributed by atoms with Crippen LogP contribution in [0.5, 0.6) is 11.5 Å². The third-order valence-corrected chi connectivity index (χ3v) is 5.00. The number of esters is 1. The summed E-state index contributed by atoms with van der Waals surface area (Å²) in [5.41, 5.74) is 1.23. The van der Waals surface area contributed by atoms with E-state index in [1.807, 2.05) is 37.3 Å². The topological polar surface area (TPSA) is 73.9 Å². The number of nitrogens with one attached hydrogen (secondary N) is 1. The van der Waals surface area contributed by atoms with Crippen LogP contribution in [0.4, 0.5) is 0 Å². The molecule has 0 aliphatic heterocycles. The van der Waals surface area contributed by atoms with Gasteiger partial charge in [-0.1, -0.05) is 54.1 Å². The summed E-state index contributed by atoms with van der Waals surface area (Å²) >= 11 is 5.91. The standard InChI is InChI=1S/C25H24ClNO5/c1-17(18-8-4-3-5-9-18)31-16-22(25(29)30-2)27-24(28)21-10-6-7-11-23(21)32-20-14-12-19(26)13-15-20/h3-15,17,22H,16H2,1-2H3,(H,27,28). The van der Waals surface area contributed by atoms with E-state index in [4.69, 9.17) is 25.8 Å². The summed E-state index contributed by atoms with van der Waals surface area (Å²) in [5, 5.41) is 3.26. The third kappa shape index (κ3) is 6.33. The second-order valence-corrected chi connectivity index (χ2v) is 7.42. The Morgan fingerprint density at radius 3 is 2.28 bits per heavy atom. The normalized spacial score (nSPS) is 12.5. The fraction of sp³-hybridized carbons (Fsp3) is 0.200. The van der Waals surface area contributed by atoms with Crippen LogP contribution in [0.3, 0.4) is 0 Å². The second-order valence-electron chi connectivity index (χ2n) is 6.99. The van der Waals surface area contributed by atoms with Crippen molar-refractivity contribution in [3.8, 4) is 11.5 Å². The average Bonchev–Trinajstić information content (AvgIpc) is 2.83. The third-order valence-electron chi connectivity index (χ3n) is 4.75. The van der Waals surface area contributed by atoms with E-state index in [1.165, 1.54) is 7.11 Å². The van der Waals surface area contributed by atoms with Crippen molar-refractivity contribution in [2.45, 2.75) is 19.1 Å². The van der Waals surface area contributed by atoms with Crippen LogP contribution in [0.1, 0.15) is 28.9 Å². The molecular weight excluding hydrogens is 430 g/mol. The first-order valence-electron chi connectivity index (χ1n) is 10.1. The van der Waals surface area contributed by atoms with E-state index >= 15 is 0 Å². The summed E-state index contributed by atoms with van der Waals surface area (Å²) in [5.74, 6) is -0.218. The average molecular weight is 454 g/mol. The Bertz CT molecular complexity index is 1040. The van der Waals surface area contributed by atoms with Crippen LogP contribution in [-0.2, 0) is 14.3 Å². The molecule has 0 saturated heterocycles. The fourth-order valence-corrected chi connectivity index (χ4v) is 3.11. The SMILES string of the molecule is COC(=O)C(COC(C)c1ccccc1)NC(=O)c1ccccc1Oc1ccc(Cl)cc1. The minimum atomic E-state index is -0.984. The number of carbonyl (C=O) groups excluding carboxylic acids is 2. The highest BCUT2D eigenvalue weighted by Crippen LogP contribution is 2.26. The Morgan fingerprint density at radius 1 is 0.938 bits per heavy atom. The van der Waals surface area contributed by atoms with Crippen molar-refractivity contribution in [2.75, 3.05) is 13.7 Å². The van der Waals surface area contributed by atoms with Crippen LogP contribution in [-0.4, -0.2) is 31.6 Å². The molecule has 3 rings (SSSR count). The molecule has 7 heteroatoms. The lowest BCUT2D eigenvalue weighted by molar-refractivity contribution is -0.145. The molecule has 1 N–H and O–H groups in total. The Kier molecular flexibility index (Phi) is 8.25. The van der Waals surface area contributed by atoms with Crippen LogP contribution in [0.25, 0.3) is 0 Å². The van der Waals surface area contributed by atoms with Crippen LogP contribution in [0, 0.1) is 0 Å². The molecule has 32 heavy (non-hydrogen) atoms. The van der Waals surface area contributed by atoms with Gasteiger partial charge in [0, 0.05) is 5.02 Å². The van der Waals surface area contributed by atoms with Crippen molar-refractivity contribution >= 4 is 23.5 Å². The molecule has 3 aromatic rings. The molecule has 1 amide bonds. The van der Waals surface area contributed by atoms with Gasteiger partial charge >= 0.3 is 5.97 Å². The number of halogens is 1. The maximum atomic E-state index is 13.0. The lowest BCUT2D eigenvalue weighted by Gasteiger charge is -2.20. The minimum absolute atomic E-state index is 0.0469. The van der Waals surface area contributed by atoms with Gasteiger partial charge in [-0.25, -0.2) is 4.79 Å². The van der Waals surface area contributed by atoms with Crippen molar-refractivity contribution in [3.63, 3.8) is 0 Å². The van der Waals surface area contributed by atoms with Gasteiger partial charge in [0.2, 0.25) is 0 Å². The number of benzene rings is 3. The van der Waals surface area contributed by atoms with Gasteiger partial charge in [0.25, 0.3) is 5.91 Å². The van der Waals surface area contributed by atoms with Crippen LogP contribution >= 0.6 is 11.6 Å². The summed E-state index contributed by atoms with van der Waals surface area (Å²) in [4.78, 5) is 25.3. The van der Waals surface area contributed by atoms with Crippen molar-refractivity contribution in [1.82, 2.24) is 5.32 Å². The smallest absolute Gasteiger partial charge is 0.330 e. The maximum Gasteiger partial charge on any atom is 0.330 e. The van der Waals surface area contributed by atoms with E-state index in [0.717, 1.165) is 5.56 Å². The fourth-order valence-electron chi connectivity index (χ4n) is 2.98. The lowest BCUT2D eigenvalue weighted by atomic mass is 10.1. The number of hydrogen-bond donors (Lipinski definition) is 1. The van der Waals surface area contributed by atoms with Gasteiger partial charge in [0.1, 0.15) is 11.5 Å². The largest absolute Gasteiger partial charge is 0.467 e. The summed E-state index contributed by atoms with van der Waals surface area (Å²) in [7, 11) is 1.26. The van der Waals surface area contributed by atoms with E-state index in [9.17, 15) is 9.59 Å². The molecule has 0 aliphatic carbocycles. The number of rotatable bonds is 9. The summed E-state index contributed by atoms with van der Waals surface area (Å²) in [6.07, 6.45) is -0.263. The van der Waals surface area contributed by atoms with E-state index in [-0.39, 0.29) is 18.3 Å². The first-order chi connectivity index (χ1) is 15.5. The summed E-state index contributed by atoms with van der Waals surface area (Å²) in [6, 6.07) is 22.2. The van der Waals surface area contributed by atoms with Crippen LogP contribution in [0.2, 0.25) is 5.02 Å². The molecule has 166 valence electrons. The molecule has 0 radical (unpaired) electrons. The molecule has 2 unspecified atom stereocenters. The second kappa shape index (κ2) is 11.3. The maximum absolute atomic E-state index is 13.0. The summed E-state index contributed by atoms with van der Waals surface area (Å²) < 4.78 is 16.5. The van der Waals surface area contributed by atoms with Gasteiger partial charge in [-0.2, -0.15) is 0 Å².